The Morgan fingerprint density at radius 3 is 2.76 bits per heavy atom. The third-order valence-corrected chi connectivity index (χ3v) is 4.81. The quantitative estimate of drug-likeness (QED) is 0.400. The maximum atomic E-state index is 14.5. The lowest BCUT2D eigenvalue weighted by Crippen LogP contribution is -2.29. The molecule has 4 N–H and O–H groups in total. The number of Topliss-reactive ketones (excluding diaryl/α,β-unsaturated/α-hetero) is 1. The van der Waals surface area contributed by atoms with Crippen LogP contribution in [0.5, 0.6) is 0 Å². The van der Waals surface area contributed by atoms with Crippen LogP contribution < -0.4 is 10.8 Å². The minimum Gasteiger partial charge on any atom is -0.393 e. The van der Waals surface area contributed by atoms with Gasteiger partial charge >= 0.3 is 0 Å². The highest BCUT2D eigenvalue weighted by Gasteiger charge is 2.32. The van der Waals surface area contributed by atoms with Crippen LogP contribution in [0.25, 0.3) is 5.70 Å². The summed E-state index contributed by atoms with van der Waals surface area (Å²) < 4.78 is 16.1. The first-order valence-electron chi connectivity index (χ1n) is 9.01. The highest BCUT2D eigenvalue weighted by atomic mass is 19.1. The van der Waals surface area contributed by atoms with Gasteiger partial charge in [0.25, 0.3) is 0 Å². The number of terminal acetylenes is 1. The van der Waals surface area contributed by atoms with Crippen molar-refractivity contribution < 1.29 is 24.2 Å². The summed E-state index contributed by atoms with van der Waals surface area (Å²) in [4.78, 5) is 17.6. The SMILES string of the molecule is C#Cc1ccc(Nc2c(C(=C)NOC(CO)CO)c3c(n2C)C(=O)CC3)c(F)c1. The molecule has 1 aromatic carbocycles. The van der Waals surface area contributed by atoms with Crippen LogP contribution in [0, 0.1) is 18.2 Å². The Morgan fingerprint density at radius 1 is 1.41 bits per heavy atom. The highest BCUT2D eigenvalue weighted by Crippen LogP contribution is 2.38. The van der Waals surface area contributed by atoms with Gasteiger partial charge in [-0.3, -0.25) is 15.1 Å². The first-order valence-corrected chi connectivity index (χ1v) is 9.01. The van der Waals surface area contributed by atoms with Crippen molar-refractivity contribution >= 4 is 23.0 Å². The molecule has 0 spiro atoms. The van der Waals surface area contributed by atoms with E-state index >= 15 is 0 Å². The second-order valence-corrected chi connectivity index (χ2v) is 6.68. The molecule has 1 aliphatic carbocycles. The van der Waals surface area contributed by atoms with E-state index in [2.05, 4.69) is 23.3 Å². The van der Waals surface area contributed by atoms with E-state index in [1.807, 2.05) is 0 Å². The molecule has 0 saturated carbocycles. The van der Waals surface area contributed by atoms with Crippen LogP contribution in [0.15, 0.2) is 24.8 Å². The van der Waals surface area contributed by atoms with E-state index in [-0.39, 0.29) is 24.7 Å². The van der Waals surface area contributed by atoms with Gasteiger partial charge in [-0.15, -0.1) is 6.42 Å². The van der Waals surface area contributed by atoms with Crippen LogP contribution in [0.4, 0.5) is 15.9 Å². The normalized spacial score (nSPS) is 12.8. The molecule has 0 atom stereocenters. The van der Waals surface area contributed by atoms with E-state index < -0.39 is 11.9 Å². The topological polar surface area (TPSA) is 95.8 Å². The zero-order valence-corrected chi connectivity index (χ0v) is 16.0. The van der Waals surface area contributed by atoms with Crippen LogP contribution in [0.1, 0.15) is 33.6 Å². The first-order chi connectivity index (χ1) is 13.9. The molecular weight excluding hydrogens is 377 g/mol. The number of carbonyl (C=O) groups excluding carboxylic acids is 1. The van der Waals surface area contributed by atoms with E-state index in [4.69, 9.17) is 21.5 Å². The molecule has 0 unspecified atom stereocenters. The smallest absolute Gasteiger partial charge is 0.179 e. The molecule has 1 aromatic heterocycles. The number of ketones is 1. The Bertz CT molecular complexity index is 1000. The number of rotatable bonds is 8. The molecule has 0 aliphatic heterocycles. The third-order valence-electron chi connectivity index (χ3n) is 4.81. The van der Waals surface area contributed by atoms with Crippen molar-refractivity contribution in [1.82, 2.24) is 10.0 Å². The molecule has 2 aromatic rings. The standard InChI is InChI=1S/C21H22FN3O4/c1-4-13-5-7-17(16(22)9-13)23-21-19(12(2)24-29-14(10-26)11-27)15-6-8-18(28)20(15)25(21)3/h1,5,7,9,14,23-24,26-27H,2,6,8,10-11H2,3H3. The summed E-state index contributed by atoms with van der Waals surface area (Å²) in [6.07, 6.45) is 5.36. The summed E-state index contributed by atoms with van der Waals surface area (Å²) in [5.74, 6) is 2.29. The Labute approximate surface area is 167 Å². The van der Waals surface area contributed by atoms with Crippen LogP contribution >= 0.6 is 0 Å². The average molecular weight is 399 g/mol. The molecule has 0 saturated heterocycles. The number of hydroxylamine groups is 1. The number of benzene rings is 1. The summed E-state index contributed by atoms with van der Waals surface area (Å²) in [5.41, 5.74) is 5.40. The highest BCUT2D eigenvalue weighted by molar-refractivity contribution is 6.02. The average Bonchev–Trinajstić information content (AvgIpc) is 3.22. The molecule has 29 heavy (non-hydrogen) atoms. The number of aliphatic hydroxyl groups excluding tert-OH is 2. The zero-order valence-electron chi connectivity index (χ0n) is 16.0. The molecule has 0 bridgehead atoms. The van der Waals surface area contributed by atoms with Crippen molar-refractivity contribution in [2.24, 2.45) is 7.05 Å². The van der Waals surface area contributed by atoms with Gasteiger partial charge in [0, 0.05) is 24.6 Å². The Morgan fingerprint density at radius 2 is 2.14 bits per heavy atom. The minimum atomic E-state index is -0.838. The molecule has 3 rings (SSSR count). The number of nitrogens with one attached hydrogen (secondary N) is 2. The predicted molar refractivity (Wildman–Crippen MR) is 107 cm³/mol. The van der Waals surface area contributed by atoms with Crippen LogP contribution in [-0.2, 0) is 18.3 Å². The fraction of sp³-hybridized carbons (Fsp3) is 0.286. The van der Waals surface area contributed by atoms with Gasteiger partial charge in [-0.05, 0) is 30.2 Å². The van der Waals surface area contributed by atoms with Gasteiger partial charge < -0.3 is 20.1 Å². The van der Waals surface area contributed by atoms with Crippen molar-refractivity contribution in [3.63, 3.8) is 0 Å². The number of hydrogen-bond donors (Lipinski definition) is 4. The number of anilines is 2. The monoisotopic (exact) mass is 399 g/mol. The second-order valence-electron chi connectivity index (χ2n) is 6.68. The summed E-state index contributed by atoms with van der Waals surface area (Å²) in [5, 5.41) is 21.3. The fourth-order valence-electron chi connectivity index (χ4n) is 3.34. The zero-order chi connectivity index (χ0) is 21.1. The Hall–Kier alpha value is -3.12. The summed E-state index contributed by atoms with van der Waals surface area (Å²) >= 11 is 0. The van der Waals surface area contributed by atoms with Crippen molar-refractivity contribution in [1.29, 1.82) is 0 Å². The molecule has 152 valence electrons. The lowest BCUT2D eigenvalue weighted by molar-refractivity contribution is -0.0528. The molecule has 1 heterocycles. The summed E-state index contributed by atoms with van der Waals surface area (Å²) in [6, 6.07) is 4.37. The number of aromatic nitrogens is 1. The number of hydrogen-bond acceptors (Lipinski definition) is 6. The van der Waals surface area contributed by atoms with Gasteiger partial charge in [0.15, 0.2) is 5.78 Å². The van der Waals surface area contributed by atoms with E-state index in [0.29, 0.717) is 41.2 Å². The lowest BCUT2D eigenvalue weighted by Gasteiger charge is -2.18. The van der Waals surface area contributed by atoms with Crippen LogP contribution in [0.3, 0.4) is 0 Å². The second kappa shape index (κ2) is 8.49. The van der Waals surface area contributed by atoms with Crippen molar-refractivity contribution in [3.05, 3.63) is 53.0 Å². The predicted octanol–water partition coefficient (Wildman–Crippen LogP) is 1.86. The maximum Gasteiger partial charge on any atom is 0.179 e. The van der Waals surface area contributed by atoms with E-state index in [9.17, 15) is 9.18 Å². The Kier molecular flexibility index (Phi) is 6.03. The van der Waals surface area contributed by atoms with Gasteiger partial charge in [-0.25, -0.2) is 4.39 Å². The minimum absolute atomic E-state index is 0.0164. The van der Waals surface area contributed by atoms with Gasteiger partial charge in [0.1, 0.15) is 17.7 Å². The van der Waals surface area contributed by atoms with Crippen LogP contribution in [0.2, 0.25) is 0 Å². The van der Waals surface area contributed by atoms with Gasteiger partial charge in [0.05, 0.1) is 30.3 Å². The summed E-state index contributed by atoms with van der Waals surface area (Å²) in [7, 11) is 1.71. The number of halogens is 1. The molecule has 7 nitrogen and oxygen atoms in total. The van der Waals surface area contributed by atoms with Crippen LogP contribution in [-0.4, -0.2) is 39.9 Å². The lowest BCUT2D eigenvalue weighted by atomic mass is 10.1. The maximum absolute atomic E-state index is 14.5. The molecule has 0 radical (unpaired) electrons. The van der Waals surface area contributed by atoms with Crippen molar-refractivity contribution in [2.75, 3.05) is 18.5 Å². The van der Waals surface area contributed by atoms with Crippen molar-refractivity contribution in [2.45, 2.75) is 18.9 Å². The van der Waals surface area contributed by atoms with E-state index in [0.717, 1.165) is 5.56 Å². The molecule has 1 aliphatic rings. The van der Waals surface area contributed by atoms with Gasteiger partial charge in [0.2, 0.25) is 0 Å². The third kappa shape index (κ3) is 3.89. The number of nitrogens with zero attached hydrogens (tertiary/aromatic N) is 1. The first kappa shape index (κ1) is 20.6. The Balaban J connectivity index is 1.99. The van der Waals surface area contributed by atoms with Gasteiger partial charge in [-0.2, -0.15) is 0 Å². The van der Waals surface area contributed by atoms with E-state index in [1.165, 1.54) is 12.1 Å². The molecule has 0 fully saturated rings. The summed E-state index contributed by atoms with van der Waals surface area (Å²) in [6.45, 7) is 3.17. The number of fused-ring (bicyclic) bond motifs is 1. The fourth-order valence-corrected chi connectivity index (χ4v) is 3.34. The van der Waals surface area contributed by atoms with Gasteiger partial charge in [-0.1, -0.05) is 12.5 Å². The number of carbonyl (C=O) groups is 1. The van der Waals surface area contributed by atoms with E-state index in [1.54, 1.807) is 17.7 Å². The van der Waals surface area contributed by atoms with Crippen molar-refractivity contribution in [3.8, 4) is 12.3 Å². The molecule has 0 amide bonds. The molecule has 8 heteroatoms. The largest absolute Gasteiger partial charge is 0.393 e. The molecular formula is C21H22FN3O4. The number of aliphatic hydroxyl groups is 2.